The number of hydrogen-bond donors (Lipinski definition) is 1. The van der Waals surface area contributed by atoms with E-state index in [9.17, 15) is 10.1 Å². The minimum Gasteiger partial charge on any atom is -0.327 e. The molecule has 0 aliphatic rings. The van der Waals surface area contributed by atoms with Crippen molar-refractivity contribution >= 4 is 5.69 Å². The highest BCUT2D eigenvalue weighted by Crippen LogP contribution is 2.24. The molecule has 0 aromatic carbocycles. The highest BCUT2D eigenvalue weighted by Gasteiger charge is 2.19. The second-order valence-electron chi connectivity index (χ2n) is 4.37. The molecule has 1 rings (SSSR count). The van der Waals surface area contributed by atoms with E-state index >= 15 is 0 Å². The molecule has 5 nitrogen and oxygen atoms in total. The Morgan fingerprint density at radius 2 is 2.18 bits per heavy atom. The molecule has 0 amide bonds. The smallest absolute Gasteiger partial charge is 0.278 e. The van der Waals surface area contributed by atoms with Crippen LogP contribution in [0.15, 0.2) is 6.20 Å². The Bertz CT molecular complexity index is 418. The van der Waals surface area contributed by atoms with Crippen LogP contribution < -0.4 is 5.73 Å². The Morgan fingerprint density at radius 1 is 1.53 bits per heavy atom. The van der Waals surface area contributed by atoms with Gasteiger partial charge in [-0.1, -0.05) is 13.3 Å². The lowest BCUT2D eigenvalue weighted by molar-refractivity contribution is -0.386. The predicted octanol–water partition coefficient (Wildman–Crippen LogP) is 2.28. The van der Waals surface area contributed by atoms with Crippen molar-refractivity contribution in [2.75, 3.05) is 0 Å². The van der Waals surface area contributed by atoms with Gasteiger partial charge in [0.15, 0.2) is 0 Å². The molecule has 17 heavy (non-hydrogen) atoms. The van der Waals surface area contributed by atoms with E-state index in [0.29, 0.717) is 17.5 Å². The molecule has 5 heteroatoms. The number of pyridine rings is 1. The highest BCUT2D eigenvalue weighted by atomic mass is 16.6. The molecule has 0 fully saturated rings. The standard InChI is InChI=1S/C12H19N3O2/c1-4-5-10(13)6-11-9(3)12(15(16)17)8(2)7-14-11/h7,10H,4-6,13H2,1-3H3. The third-order valence-electron chi connectivity index (χ3n) is 2.87. The van der Waals surface area contributed by atoms with E-state index in [1.54, 1.807) is 20.0 Å². The number of nitrogens with zero attached hydrogens (tertiary/aromatic N) is 2. The lowest BCUT2D eigenvalue weighted by Gasteiger charge is -2.12. The summed E-state index contributed by atoms with van der Waals surface area (Å²) in [7, 11) is 0. The molecule has 0 radical (unpaired) electrons. The van der Waals surface area contributed by atoms with Gasteiger partial charge in [-0.25, -0.2) is 0 Å². The Morgan fingerprint density at radius 3 is 2.71 bits per heavy atom. The largest absolute Gasteiger partial charge is 0.327 e. The molecule has 1 aromatic rings. The van der Waals surface area contributed by atoms with Gasteiger partial charge in [0.25, 0.3) is 5.69 Å². The fraction of sp³-hybridized carbons (Fsp3) is 0.583. The van der Waals surface area contributed by atoms with Gasteiger partial charge in [0.05, 0.1) is 10.6 Å². The van der Waals surface area contributed by atoms with Crippen LogP contribution in [-0.4, -0.2) is 15.9 Å². The van der Waals surface area contributed by atoms with E-state index in [4.69, 9.17) is 5.73 Å². The maximum absolute atomic E-state index is 11.0. The zero-order valence-electron chi connectivity index (χ0n) is 10.6. The molecule has 0 spiro atoms. The summed E-state index contributed by atoms with van der Waals surface area (Å²) in [6.45, 7) is 5.51. The molecule has 2 N–H and O–H groups in total. The number of hydrogen-bond acceptors (Lipinski definition) is 4. The molecular weight excluding hydrogens is 218 g/mol. The van der Waals surface area contributed by atoms with Crippen LogP contribution in [0.2, 0.25) is 0 Å². The summed E-state index contributed by atoms with van der Waals surface area (Å²) in [5.74, 6) is 0. The summed E-state index contributed by atoms with van der Waals surface area (Å²) in [6.07, 6.45) is 4.07. The molecule has 0 bridgehead atoms. The van der Waals surface area contributed by atoms with Crippen LogP contribution in [0.25, 0.3) is 0 Å². The Balaban J connectivity index is 3.02. The fourth-order valence-electron chi connectivity index (χ4n) is 1.97. The van der Waals surface area contributed by atoms with E-state index in [0.717, 1.165) is 18.5 Å². The van der Waals surface area contributed by atoms with Crippen molar-refractivity contribution in [2.45, 2.75) is 46.1 Å². The number of aromatic nitrogens is 1. The number of aryl methyl sites for hydroxylation is 1. The van der Waals surface area contributed by atoms with Crippen LogP contribution in [0, 0.1) is 24.0 Å². The first-order valence-electron chi connectivity index (χ1n) is 5.82. The van der Waals surface area contributed by atoms with Crippen molar-refractivity contribution in [3.05, 3.63) is 33.1 Å². The van der Waals surface area contributed by atoms with E-state index in [1.807, 2.05) is 0 Å². The van der Waals surface area contributed by atoms with Crippen LogP contribution in [0.3, 0.4) is 0 Å². The van der Waals surface area contributed by atoms with Crippen LogP contribution >= 0.6 is 0 Å². The van der Waals surface area contributed by atoms with Gasteiger partial charge in [-0.3, -0.25) is 15.1 Å². The van der Waals surface area contributed by atoms with Crippen molar-refractivity contribution < 1.29 is 4.92 Å². The lowest BCUT2D eigenvalue weighted by Crippen LogP contribution is -2.23. The quantitative estimate of drug-likeness (QED) is 0.629. The fourth-order valence-corrected chi connectivity index (χ4v) is 1.97. The van der Waals surface area contributed by atoms with Crippen molar-refractivity contribution in [1.82, 2.24) is 4.98 Å². The van der Waals surface area contributed by atoms with Crippen molar-refractivity contribution in [3.63, 3.8) is 0 Å². The SMILES string of the molecule is CCCC(N)Cc1ncc(C)c([N+](=O)[O-])c1C. The summed E-state index contributed by atoms with van der Waals surface area (Å²) in [4.78, 5) is 14.9. The first-order chi connectivity index (χ1) is 7.97. The van der Waals surface area contributed by atoms with Gasteiger partial charge in [-0.05, 0) is 20.3 Å². The van der Waals surface area contributed by atoms with Crippen LogP contribution in [0.1, 0.15) is 36.6 Å². The minimum atomic E-state index is -0.346. The maximum atomic E-state index is 11.0. The summed E-state index contributed by atoms with van der Waals surface area (Å²) >= 11 is 0. The van der Waals surface area contributed by atoms with Crippen LogP contribution in [-0.2, 0) is 6.42 Å². The van der Waals surface area contributed by atoms with Gasteiger partial charge in [0.1, 0.15) is 0 Å². The lowest BCUT2D eigenvalue weighted by atomic mass is 10.0. The summed E-state index contributed by atoms with van der Waals surface area (Å²) in [6, 6.07) is 0.0218. The van der Waals surface area contributed by atoms with Gasteiger partial charge in [-0.15, -0.1) is 0 Å². The Kier molecular flexibility index (Phi) is 4.57. The molecule has 0 aliphatic heterocycles. The van der Waals surface area contributed by atoms with Gasteiger partial charge in [0.2, 0.25) is 0 Å². The molecule has 1 unspecified atom stereocenters. The molecule has 0 saturated carbocycles. The average Bonchev–Trinajstić information content (AvgIpc) is 2.22. The minimum absolute atomic E-state index is 0.0218. The van der Waals surface area contributed by atoms with E-state index in [2.05, 4.69) is 11.9 Å². The molecular formula is C12H19N3O2. The van der Waals surface area contributed by atoms with Gasteiger partial charge < -0.3 is 5.73 Å². The van der Waals surface area contributed by atoms with Crippen LogP contribution in [0.5, 0.6) is 0 Å². The maximum Gasteiger partial charge on any atom is 0.278 e. The zero-order valence-corrected chi connectivity index (χ0v) is 10.6. The first-order valence-corrected chi connectivity index (χ1v) is 5.82. The third-order valence-corrected chi connectivity index (χ3v) is 2.87. The normalized spacial score (nSPS) is 12.5. The van der Waals surface area contributed by atoms with Gasteiger partial charge in [0, 0.05) is 29.8 Å². The van der Waals surface area contributed by atoms with Crippen molar-refractivity contribution in [3.8, 4) is 0 Å². The average molecular weight is 237 g/mol. The Hall–Kier alpha value is -1.49. The highest BCUT2D eigenvalue weighted by molar-refractivity contribution is 5.47. The third kappa shape index (κ3) is 3.23. The first kappa shape index (κ1) is 13.6. The van der Waals surface area contributed by atoms with E-state index in [-0.39, 0.29) is 16.7 Å². The van der Waals surface area contributed by atoms with Crippen molar-refractivity contribution in [2.24, 2.45) is 5.73 Å². The molecule has 1 heterocycles. The zero-order chi connectivity index (χ0) is 13.0. The molecule has 94 valence electrons. The molecule has 0 aliphatic carbocycles. The number of nitrogens with two attached hydrogens (primary N) is 1. The van der Waals surface area contributed by atoms with Crippen LogP contribution in [0.4, 0.5) is 5.69 Å². The topological polar surface area (TPSA) is 82.0 Å². The van der Waals surface area contributed by atoms with Gasteiger partial charge in [-0.2, -0.15) is 0 Å². The predicted molar refractivity (Wildman–Crippen MR) is 67.0 cm³/mol. The second kappa shape index (κ2) is 5.72. The Labute approximate surface area is 101 Å². The molecule has 0 saturated heterocycles. The van der Waals surface area contributed by atoms with E-state index in [1.165, 1.54) is 0 Å². The summed E-state index contributed by atoms with van der Waals surface area (Å²) in [5.41, 5.74) is 8.08. The van der Waals surface area contributed by atoms with E-state index < -0.39 is 0 Å². The number of rotatable bonds is 5. The molecule has 1 atom stereocenters. The summed E-state index contributed by atoms with van der Waals surface area (Å²) < 4.78 is 0. The second-order valence-corrected chi connectivity index (χ2v) is 4.37. The van der Waals surface area contributed by atoms with Gasteiger partial charge >= 0.3 is 0 Å². The summed E-state index contributed by atoms with van der Waals surface area (Å²) in [5, 5.41) is 11.0. The molecule has 1 aromatic heterocycles. The van der Waals surface area contributed by atoms with Crippen molar-refractivity contribution in [1.29, 1.82) is 0 Å². The number of nitro groups is 1. The monoisotopic (exact) mass is 237 g/mol.